The van der Waals surface area contributed by atoms with Crippen molar-refractivity contribution in [3.63, 3.8) is 0 Å². The molecule has 2 aromatic heterocycles. The lowest BCUT2D eigenvalue weighted by molar-refractivity contribution is -0.123. The van der Waals surface area contributed by atoms with Crippen LogP contribution in [0, 0.1) is 0 Å². The van der Waals surface area contributed by atoms with Gasteiger partial charge in [-0.1, -0.05) is 12.1 Å². The fraction of sp³-hybridized carbons (Fsp3) is 0.105. The Bertz CT molecular complexity index is 864. The number of amides is 2. The molecular weight excluding hydrogens is 334 g/mol. The summed E-state index contributed by atoms with van der Waals surface area (Å²) in [5, 5.41) is 5.45. The number of carbonyl (C=O) groups excluding carboxylic acids is 2. The summed E-state index contributed by atoms with van der Waals surface area (Å²) >= 11 is 0. The minimum Gasteiger partial charge on any atom is -0.484 e. The molecule has 7 nitrogen and oxygen atoms in total. The molecule has 3 aromatic rings. The average molecular weight is 351 g/mol. The van der Waals surface area contributed by atoms with Gasteiger partial charge in [-0.3, -0.25) is 14.6 Å². The van der Waals surface area contributed by atoms with Crippen molar-refractivity contribution in [3.05, 3.63) is 78.5 Å². The molecule has 3 rings (SSSR count). The summed E-state index contributed by atoms with van der Waals surface area (Å²) in [6.45, 7) is 0.255. The van der Waals surface area contributed by atoms with Crippen LogP contribution in [0.2, 0.25) is 0 Å². The van der Waals surface area contributed by atoms with Gasteiger partial charge in [0, 0.05) is 30.7 Å². The van der Waals surface area contributed by atoms with Crippen LogP contribution in [0.3, 0.4) is 0 Å². The number of nitrogens with one attached hydrogen (secondary N) is 2. The van der Waals surface area contributed by atoms with Crippen molar-refractivity contribution in [1.82, 2.24) is 10.3 Å². The van der Waals surface area contributed by atoms with Gasteiger partial charge in [0.1, 0.15) is 5.75 Å². The number of hydrogen-bond acceptors (Lipinski definition) is 5. The van der Waals surface area contributed by atoms with E-state index in [1.807, 2.05) is 6.07 Å². The zero-order valence-corrected chi connectivity index (χ0v) is 13.8. The van der Waals surface area contributed by atoms with Gasteiger partial charge in [-0.25, -0.2) is 0 Å². The van der Waals surface area contributed by atoms with Crippen LogP contribution in [0.25, 0.3) is 0 Å². The highest BCUT2D eigenvalue weighted by Crippen LogP contribution is 2.18. The van der Waals surface area contributed by atoms with Crippen LogP contribution in [0.15, 0.2) is 71.6 Å². The molecule has 0 aliphatic rings. The fourth-order valence-electron chi connectivity index (χ4n) is 2.17. The van der Waals surface area contributed by atoms with Gasteiger partial charge in [0.2, 0.25) is 0 Å². The molecule has 0 saturated carbocycles. The maximum atomic E-state index is 12.0. The van der Waals surface area contributed by atoms with Crippen molar-refractivity contribution >= 4 is 17.5 Å². The van der Waals surface area contributed by atoms with Crippen LogP contribution in [0.1, 0.15) is 16.1 Å². The van der Waals surface area contributed by atoms with E-state index in [-0.39, 0.29) is 24.2 Å². The first-order chi connectivity index (χ1) is 12.7. The second-order valence-electron chi connectivity index (χ2n) is 5.39. The van der Waals surface area contributed by atoms with E-state index < -0.39 is 0 Å². The van der Waals surface area contributed by atoms with Crippen LogP contribution in [-0.2, 0) is 11.3 Å². The summed E-state index contributed by atoms with van der Waals surface area (Å²) in [7, 11) is 0. The van der Waals surface area contributed by atoms with Gasteiger partial charge < -0.3 is 19.8 Å². The van der Waals surface area contributed by atoms with E-state index in [0.29, 0.717) is 18.0 Å². The molecule has 2 amide bonds. The normalized spacial score (nSPS) is 10.2. The molecule has 0 radical (unpaired) electrons. The molecule has 0 fully saturated rings. The number of furan rings is 1. The van der Waals surface area contributed by atoms with Crippen molar-refractivity contribution in [1.29, 1.82) is 0 Å². The number of carbonyl (C=O) groups is 2. The number of aromatic nitrogens is 1. The van der Waals surface area contributed by atoms with Gasteiger partial charge in [0.05, 0.1) is 6.26 Å². The first kappa shape index (κ1) is 17.2. The second kappa shape index (κ2) is 8.48. The molecule has 0 bridgehead atoms. The Kier molecular flexibility index (Phi) is 5.61. The van der Waals surface area contributed by atoms with Gasteiger partial charge in [0.15, 0.2) is 12.4 Å². The second-order valence-corrected chi connectivity index (χ2v) is 5.39. The average Bonchev–Trinajstić information content (AvgIpc) is 3.21. The maximum absolute atomic E-state index is 12.0. The Morgan fingerprint density at radius 1 is 1.12 bits per heavy atom. The molecule has 26 heavy (non-hydrogen) atoms. The van der Waals surface area contributed by atoms with Crippen LogP contribution in [0.5, 0.6) is 5.75 Å². The summed E-state index contributed by atoms with van der Waals surface area (Å²) in [6, 6.07) is 13.7. The number of anilines is 1. The van der Waals surface area contributed by atoms with Gasteiger partial charge in [-0.15, -0.1) is 0 Å². The summed E-state index contributed by atoms with van der Waals surface area (Å²) in [6.07, 6.45) is 4.79. The van der Waals surface area contributed by atoms with Gasteiger partial charge >= 0.3 is 0 Å². The topological polar surface area (TPSA) is 93.5 Å². The zero-order chi connectivity index (χ0) is 18.2. The molecule has 1 aromatic carbocycles. The highest BCUT2D eigenvalue weighted by atomic mass is 16.5. The first-order valence-electron chi connectivity index (χ1n) is 7.94. The smallest absolute Gasteiger partial charge is 0.291 e. The Hall–Kier alpha value is -3.61. The highest BCUT2D eigenvalue weighted by molar-refractivity contribution is 6.02. The minimum absolute atomic E-state index is 0.129. The predicted molar refractivity (Wildman–Crippen MR) is 94.7 cm³/mol. The number of hydrogen-bond donors (Lipinski definition) is 2. The lowest BCUT2D eigenvalue weighted by atomic mass is 10.3. The summed E-state index contributed by atoms with van der Waals surface area (Å²) in [4.78, 5) is 27.8. The molecule has 0 saturated heterocycles. The Morgan fingerprint density at radius 2 is 2.04 bits per heavy atom. The molecule has 0 aliphatic heterocycles. The van der Waals surface area contributed by atoms with E-state index in [1.54, 1.807) is 54.9 Å². The number of rotatable bonds is 7. The molecule has 7 heteroatoms. The summed E-state index contributed by atoms with van der Waals surface area (Å²) in [5.41, 5.74) is 1.45. The third kappa shape index (κ3) is 4.94. The van der Waals surface area contributed by atoms with Crippen molar-refractivity contribution in [2.45, 2.75) is 6.54 Å². The van der Waals surface area contributed by atoms with Crippen molar-refractivity contribution in [2.75, 3.05) is 11.9 Å². The SMILES string of the molecule is O=C(COc1cccc(NC(=O)c2ccco2)c1)NCc1cccnc1. The molecule has 2 N–H and O–H groups in total. The molecule has 2 heterocycles. The predicted octanol–water partition coefficient (Wildman–Crippen LogP) is 2.62. The van der Waals surface area contributed by atoms with Gasteiger partial charge in [-0.2, -0.15) is 0 Å². The van der Waals surface area contributed by atoms with Crippen LogP contribution < -0.4 is 15.4 Å². The molecule has 0 unspecified atom stereocenters. The number of nitrogens with zero attached hydrogens (tertiary/aromatic N) is 1. The summed E-state index contributed by atoms with van der Waals surface area (Å²) in [5.74, 6) is 0.0742. The minimum atomic E-state index is -0.360. The fourth-order valence-corrected chi connectivity index (χ4v) is 2.17. The molecule has 0 spiro atoms. The van der Waals surface area contributed by atoms with Crippen LogP contribution >= 0.6 is 0 Å². The standard InChI is InChI=1S/C19H17N3O4/c23-18(21-12-14-4-2-8-20-11-14)13-26-16-6-1-5-15(10-16)22-19(24)17-7-3-9-25-17/h1-11H,12-13H2,(H,21,23)(H,22,24). The number of pyridine rings is 1. The van der Waals surface area contributed by atoms with Crippen LogP contribution in [-0.4, -0.2) is 23.4 Å². The van der Waals surface area contributed by atoms with E-state index in [1.165, 1.54) is 6.26 Å². The number of ether oxygens (including phenoxy) is 1. The van der Waals surface area contributed by atoms with Crippen molar-refractivity contribution in [2.24, 2.45) is 0 Å². The first-order valence-corrected chi connectivity index (χ1v) is 7.94. The molecule has 0 aliphatic carbocycles. The molecular formula is C19H17N3O4. The molecule has 132 valence electrons. The Morgan fingerprint density at radius 3 is 2.81 bits per heavy atom. The monoisotopic (exact) mass is 351 g/mol. The third-order valence-electron chi connectivity index (χ3n) is 3.42. The maximum Gasteiger partial charge on any atom is 0.291 e. The summed E-state index contributed by atoms with van der Waals surface area (Å²) < 4.78 is 10.5. The lowest BCUT2D eigenvalue weighted by Crippen LogP contribution is -2.28. The van der Waals surface area contributed by atoms with E-state index in [0.717, 1.165) is 5.56 Å². The van der Waals surface area contributed by atoms with Gasteiger partial charge in [0.25, 0.3) is 11.8 Å². The Labute approximate surface area is 150 Å². The largest absolute Gasteiger partial charge is 0.484 e. The third-order valence-corrected chi connectivity index (χ3v) is 3.42. The number of benzene rings is 1. The highest BCUT2D eigenvalue weighted by Gasteiger charge is 2.09. The van der Waals surface area contributed by atoms with E-state index in [4.69, 9.17) is 9.15 Å². The van der Waals surface area contributed by atoms with Gasteiger partial charge in [-0.05, 0) is 35.9 Å². The molecule has 0 atom stereocenters. The van der Waals surface area contributed by atoms with E-state index >= 15 is 0 Å². The van der Waals surface area contributed by atoms with Crippen molar-refractivity contribution < 1.29 is 18.7 Å². The van der Waals surface area contributed by atoms with Crippen LogP contribution in [0.4, 0.5) is 5.69 Å². The van der Waals surface area contributed by atoms with Crippen molar-refractivity contribution in [3.8, 4) is 5.75 Å². The quantitative estimate of drug-likeness (QED) is 0.682. The lowest BCUT2D eigenvalue weighted by Gasteiger charge is -2.09. The van der Waals surface area contributed by atoms with E-state index in [2.05, 4.69) is 15.6 Å². The van der Waals surface area contributed by atoms with E-state index in [9.17, 15) is 9.59 Å². The zero-order valence-electron chi connectivity index (χ0n) is 13.8. The Balaban J connectivity index is 1.49.